The lowest BCUT2D eigenvalue weighted by atomic mass is 10.2. The number of amides is 1. The molecular weight excluding hydrogens is 447 g/mol. The summed E-state index contributed by atoms with van der Waals surface area (Å²) in [4.78, 5) is 12.5. The molecule has 1 N–H and O–H groups in total. The second-order valence-electron chi connectivity index (χ2n) is 6.90. The van der Waals surface area contributed by atoms with Gasteiger partial charge in [0, 0.05) is 11.6 Å². The number of anilines is 1. The topological polar surface area (TPSA) is 82.2 Å². The fourth-order valence-electron chi connectivity index (χ4n) is 3.28. The third-order valence-corrected chi connectivity index (χ3v) is 6.29. The molecule has 1 aliphatic rings. The van der Waals surface area contributed by atoms with Crippen molar-refractivity contribution in [1.29, 1.82) is 0 Å². The van der Waals surface area contributed by atoms with Crippen LogP contribution in [0.1, 0.15) is 18.6 Å². The summed E-state index contributed by atoms with van der Waals surface area (Å²) in [6, 6.07) is 6.80. The predicted octanol–water partition coefficient (Wildman–Crippen LogP) is 5.06. The first-order valence-corrected chi connectivity index (χ1v) is 11.2. The van der Waals surface area contributed by atoms with Gasteiger partial charge in [-0.2, -0.15) is 0 Å². The minimum Gasteiger partial charge on any atom is -0.469 e. The van der Waals surface area contributed by atoms with Crippen molar-refractivity contribution in [3.8, 4) is 11.4 Å². The van der Waals surface area contributed by atoms with Gasteiger partial charge in [0.1, 0.15) is 5.76 Å². The molecular formula is C20H20Cl2N4O3S. The van der Waals surface area contributed by atoms with Crippen LogP contribution >= 0.6 is 35.0 Å². The summed E-state index contributed by atoms with van der Waals surface area (Å²) in [5.74, 6) is 1.41. The van der Waals surface area contributed by atoms with E-state index >= 15 is 0 Å². The molecule has 30 heavy (non-hydrogen) atoms. The quantitative estimate of drug-likeness (QED) is 0.489. The maximum atomic E-state index is 12.5. The largest absolute Gasteiger partial charge is 0.469 e. The van der Waals surface area contributed by atoms with E-state index in [1.54, 1.807) is 24.5 Å². The molecule has 1 saturated heterocycles. The average Bonchev–Trinajstić information content (AvgIpc) is 3.45. The summed E-state index contributed by atoms with van der Waals surface area (Å²) in [6.45, 7) is 3.27. The van der Waals surface area contributed by atoms with E-state index < -0.39 is 0 Å². The van der Waals surface area contributed by atoms with Gasteiger partial charge in [-0.15, -0.1) is 10.2 Å². The number of aromatic nitrogens is 3. The third kappa shape index (κ3) is 4.83. The number of furan rings is 1. The number of thioether (sulfide) groups is 1. The Morgan fingerprint density at radius 1 is 1.33 bits per heavy atom. The summed E-state index contributed by atoms with van der Waals surface area (Å²) in [6.07, 6.45) is 3.76. The fraction of sp³-hybridized carbons (Fsp3) is 0.350. The Bertz CT molecular complexity index is 1050. The van der Waals surface area contributed by atoms with Gasteiger partial charge in [-0.25, -0.2) is 0 Å². The Balaban J connectivity index is 1.50. The molecule has 1 aromatic carbocycles. The molecule has 4 rings (SSSR count). The number of aryl methyl sites for hydroxylation is 1. The van der Waals surface area contributed by atoms with Crippen LogP contribution in [0.3, 0.4) is 0 Å². The molecule has 1 unspecified atom stereocenters. The van der Waals surface area contributed by atoms with Gasteiger partial charge in [-0.3, -0.25) is 9.36 Å². The Kier molecular flexibility index (Phi) is 6.67. The number of rotatable bonds is 7. The highest BCUT2D eigenvalue weighted by molar-refractivity contribution is 7.99. The maximum absolute atomic E-state index is 12.5. The van der Waals surface area contributed by atoms with E-state index in [0.717, 1.165) is 30.8 Å². The second kappa shape index (κ2) is 9.43. The lowest BCUT2D eigenvalue weighted by molar-refractivity contribution is -0.113. The number of hydrogen-bond acceptors (Lipinski definition) is 6. The van der Waals surface area contributed by atoms with E-state index in [1.165, 1.54) is 11.8 Å². The molecule has 0 bridgehead atoms. The van der Waals surface area contributed by atoms with Crippen molar-refractivity contribution in [2.45, 2.75) is 37.6 Å². The molecule has 1 amide bonds. The highest BCUT2D eigenvalue weighted by Gasteiger charge is 2.23. The van der Waals surface area contributed by atoms with E-state index in [1.807, 2.05) is 17.6 Å². The van der Waals surface area contributed by atoms with Crippen LogP contribution in [0.25, 0.3) is 11.4 Å². The van der Waals surface area contributed by atoms with Crippen LogP contribution in [-0.2, 0) is 16.1 Å². The summed E-state index contributed by atoms with van der Waals surface area (Å²) in [5.41, 5.74) is 1.35. The van der Waals surface area contributed by atoms with Crippen molar-refractivity contribution in [3.05, 3.63) is 46.3 Å². The summed E-state index contributed by atoms with van der Waals surface area (Å²) >= 11 is 13.4. The maximum Gasteiger partial charge on any atom is 0.234 e. The number of carbonyl (C=O) groups is 1. The normalized spacial score (nSPS) is 16.2. The second-order valence-corrected chi connectivity index (χ2v) is 8.69. The number of ether oxygens (including phenoxy) is 1. The Morgan fingerprint density at radius 2 is 2.20 bits per heavy atom. The molecule has 0 spiro atoms. The molecule has 1 aliphatic heterocycles. The SMILES string of the molecule is Cc1occc1-c1nnc(SCC(=O)Nc2cc(Cl)ccc2Cl)n1CC1CCCO1. The molecule has 2 aromatic heterocycles. The number of carbonyl (C=O) groups excluding carboxylic acids is 1. The minimum absolute atomic E-state index is 0.102. The Hall–Kier alpha value is -2.00. The molecule has 1 fully saturated rings. The van der Waals surface area contributed by atoms with Gasteiger partial charge in [0.25, 0.3) is 0 Å². The molecule has 0 aliphatic carbocycles. The third-order valence-electron chi connectivity index (χ3n) is 4.76. The first-order valence-electron chi connectivity index (χ1n) is 9.48. The molecule has 3 aromatic rings. The highest BCUT2D eigenvalue weighted by Crippen LogP contribution is 2.30. The van der Waals surface area contributed by atoms with Gasteiger partial charge in [-0.1, -0.05) is 35.0 Å². The van der Waals surface area contributed by atoms with Crippen LogP contribution < -0.4 is 5.32 Å². The molecule has 10 heteroatoms. The summed E-state index contributed by atoms with van der Waals surface area (Å²) in [7, 11) is 0. The van der Waals surface area contributed by atoms with Crippen molar-refractivity contribution in [2.24, 2.45) is 0 Å². The average molecular weight is 467 g/mol. The predicted molar refractivity (Wildman–Crippen MR) is 117 cm³/mol. The van der Waals surface area contributed by atoms with E-state index in [2.05, 4.69) is 15.5 Å². The number of halogens is 2. The van der Waals surface area contributed by atoms with Gasteiger partial charge in [0.2, 0.25) is 5.91 Å². The lowest BCUT2D eigenvalue weighted by Gasteiger charge is -2.14. The standard InChI is InChI=1S/C20H20Cl2N4O3S/c1-12-15(6-8-28-12)19-24-25-20(26(19)10-14-3-2-7-29-14)30-11-18(27)23-17-9-13(21)4-5-16(17)22/h4-6,8-9,14H,2-3,7,10-11H2,1H3,(H,23,27). The van der Waals surface area contributed by atoms with Crippen molar-refractivity contribution in [2.75, 3.05) is 17.7 Å². The number of hydrogen-bond donors (Lipinski definition) is 1. The van der Waals surface area contributed by atoms with Crippen LogP contribution in [-0.4, -0.2) is 39.1 Å². The van der Waals surface area contributed by atoms with Crippen molar-refractivity contribution < 1.29 is 13.9 Å². The first-order chi connectivity index (χ1) is 14.5. The molecule has 1 atom stereocenters. The number of nitrogens with zero attached hydrogens (tertiary/aromatic N) is 3. The lowest BCUT2D eigenvalue weighted by Crippen LogP contribution is -2.18. The van der Waals surface area contributed by atoms with E-state index in [-0.39, 0.29) is 17.8 Å². The zero-order valence-electron chi connectivity index (χ0n) is 16.2. The van der Waals surface area contributed by atoms with E-state index in [9.17, 15) is 4.79 Å². The summed E-state index contributed by atoms with van der Waals surface area (Å²) < 4.78 is 13.2. The van der Waals surface area contributed by atoms with Crippen LogP contribution in [0.2, 0.25) is 10.0 Å². The molecule has 3 heterocycles. The van der Waals surface area contributed by atoms with Gasteiger partial charge in [-0.05, 0) is 44.0 Å². The fourth-order valence-corrected chi connectivity index (χ4v) is 4.36. The monoisotopic (exact) mass is 466 g/mol. The van der Waals surface area contributed by atoms with Crippen molar-refractivity contribution >= 4 is 46.6 Å². The Morgan fingerprint density at radius 3 is 2.93 bits per heavy atom. The van der Waals surface area contributed by atoms with Gasteiger partial charge < -0.3 is 14.5 Å². The number of benzene rings is 1. The highest BCUT2D eigenvalue weighted by atomic mass is 35.5. The smallest absolute Gasteiger partial charge is 0.234 e. The van der Waals surface area contributed by atoms with Crippen molar-refractivity contribution in [3.63, 3.8) is 0 Å². The van der Waals surface area contributed by atoms with Crippen LogP contribution in [0.15, 0.2) is 40.1 Å². The van der Waals surface area contributed by atoms with Gasteiger partial charge in [0.05, 0.1) is 40.9 Å². The summed E-state index contributed by atoms with van der Waals surface area (Å²) in [5, 5.41) is 13.0. The van der Waals surface area contributed by atoms with Crippen LogP contribution in [0.5, 0.6) is 0 Å². The molecule has 0 saturated carbocycles. The van der Waals surface area contributed by atoms with Crippen molar-refractivity contribution in [1.82, 2.24) is 14.8 Å². The first kappa shape index (κ1) is 21.2. The molecule has 7 nitrogen and oxygen atoms in total. The van der Waals surface area contributed by atoms with E-state index in [0.29, 0.717) is 33.3 Å². The van der Waals surface area contributed by atoms with Gasteiger partial charge >= 0.3 is 0 Å². The molecule has 0 radical (unpaired) electrons. The zero-order chi connectivity index (χ0) is 21.1. The number of nitrogens with one attached hydrogen (secondary N) is 1. The zero-order valence-corrected chi connectivity index (χ0v) is 18.6. The minimum atomic E-state index is -0.211. The van der Waals surface area contributed by atoms with Crippen LogP contribution in [0, 0.1) is 6.92 Å². The van der Waals surface area contributed by atoms with E-state index in [4.69, 9.17) is 32.4 Å². The Labute approximate surface area is 188 Å². The van der Waals surface area contributed by atoms with Crippen LogP contribution in [0.4, 0.5) is 5.69 Å². The van der Waals surface area contributed by atoms with Gasteiger partial charge in [0.15, 0.2) is 11.0 Å². The molecule has 158 valence electrons.